The summed E-state index contributed by atoms with van der Waals surface area (Å²) >= 11 is 0. The average Bonchev–Trinajstić information content (AvgIpc) is 3.03. The van der Waals surface area contributed by atoms with Crippen molar-refractivity contribution >= 4 is 33.8 Å². The van der Waals surface area contributed by atoms with Gasteiger partial charge in [-0.3, -0.25) is 14.9 Å². The maximum absolute atomic E-state index is 12.0. The largest absolute Gasteiger partial charge is 0.356 e. The van der Waals surface area contributed by atoms with Crippen molar-refractivity contribution in [2.75, 3.05) is 0 Å². The zero-order valence-corrected chi connectivity index (χ0v) is 10.3. The first-order valence-corrected chi connectivity index (χ1v) is 6.29. The number of piperidine rings is 1. The van der Waals surface area contributed by atoms with Crippen LogP contribution >= 0.6 is 0 Å². The van der Waals surface area contributed by atoms with Crippen molar-refractivity contribution in [3.63, 3.8) is 0 Å². The van der Waals surface area contributed by atoms with Crippen LogP contribution in [0.25, 0.3) is 22.0 Å². The number of benzene rings is 1. The van der Waals surface area contributed by atoms with Gasteiger partial charge in [-0.1, -0.05) is 5.16 Å². The summed E-state index contributed by atoms with van der Waals surface area (Å²) in [6.45, 7) is 0. The van der Waals surface area contributed by atoms with E-state index in [4.69, 9.17) is 4.52 Å². The van der Waals surface area contributed by atoms with Gasteiger partial charge < -0.3 is 9.51 Å². The van der Waals surface area contributed by atoms with E-state index < -0.39 is 5.92 Å². The van der Waals surface area contributed by atoms with E-state index in [-0.39, 0.29) is 11.8 Å². The quantitative estimate of drug-likeness (QED) is 0.647. The molecule has 1 unspecified atom stereocenters. The van der Waals surface area contributed by atoms with E-state index in [1.165, 1.54) is 0 Å². The Bertz CT molecular complexity index is 848. The molecule has 2 amide bonds. The second-order valence-electron chi connectivity index (χ2n) is 4.81. The van der Waals surface area contributed by atoms with Gasteiger partial charge >= 0.3 is 0 Å². The van der Waals surface area contributed by atoms with Gasteiger partial charge in [0.2, 0.25) is 11.8 Å². The lowest BCUT2D eigenvalue weighted by molar-refractivity contribution is -0.134. The van der Waals surface area contributed by atoms with E-state index in [1.807, 2.05) is 6.07 Å². The van der Waals surface area contributed by atoms with Crippen molar-refractivity contribution in [1.29, 1.82) is 0 Å². The van der Waals surface area contributed by atoms with E-state index in [1.54, 1.807) is 12.4 Å². The van der Waals surface area contributed by atoms with Crippen LogP contribution in [-0.4, -0.2) is 26.9 Å². The molecule has 100 valence electrons. The highest BCUT2D eigenvalue weighted by molar-refractivity contribution is 6.07. The number of H-pyrrole nitrogens is 1. The van der Waals surface area contributed by atoms with Crippen molar-refractivity contribution in [3.05, 3.63) is 24.2 Å². The number of rotatable bonds is 1. The van der Waals surface area contributed by atoms with Crippen molar-refractivity contribution in [1.82, 2.24) is 20.4 Å². The van der Waals surface area contributed by atoms with Gasteiger partial charge in [-0.05, 0) is 18.6 Å². The fourth-order valence-corrected chi connectivity index (χ4v) is 2.65. The third kappa shape index (κ3) is 1.46. The molecule has 7 nitrogen and oxygen atoms in total. The minimum absolute atomic E-state index is 0.246. The lowest BCUT2D eigenvalue weighted by Gasteiger charge is -2.18. The summed E-state index contributed by atoms with van der Waals surface area (Å²) in [5, 5.41) is 7.09. The number of carbonyl (C=O) groups is 2. The van der Waals surface area contributed by atoms with Gasteiger partial charge in [-0.25, -0.2) is 4.98 Å². The molecule has 0 spiro atoms. The summed E-state index contributed by atoms with van der Waals surface area (Å²) in [5.41, 5.74) is 2.71. The van der Waals surface area contributed by atoms with Gasteiger partial charge in [-0.15, -0.1) is 0 Å². The van der Waals surface area contributed by atoms with Crippen LogP contribution in [-0.2, 0) is 9.59 Å². The summed E-state index contributed by atoms with van der Waals surface area (Å²) in [4.78, 5) is 30.5. The SMILES string of the molecule is O=C1CCC(c2noc3ccc4[nH]cnc4c23)C(=O)N1. The summed E-state index contributed by atoms with van der Waals surface area (Å²) in [5.74, 6) is -1.05. The summed E-state index contributed by atoms with van der Waals surface area (Å²) < 4.78 is 5.29. The van der Waals surface area contributed by atoms with Crippen LogP contribution in [0, 0.1) is 0 Å². The van der Waals surface area contributed by atoms with E-state index in [9.17, 15) is 9.59 Å². The molecule has 2 aromatic heterocycles. The lowest BCUT2D eigenvalue weighted by Crippen LogP contribution is -2.39. The second kappa shape index (κ2) is 3.89. The number of aromatic amines is 1. The molecule has 1 aliphatic rings. The highest BCUT2D eigenvalue weighted by Gasteiger charge is 2.32. The van der Waals surface area contributed by atoms with Gasteiger partial charge in [-0.2, -0.15) is 0 Å². The Morgan fingerprint density at radius 3 is 3.05 bits per heavy atom. The van der Waals surface area contributed by atoms with Crippen LogP contribution in [0.3, 0.4) is 0 Å². The Labute approximate surface area is 112 Å². The number of imide groups is 1. The highest BCUT2D eigenvalue weighted by Crippen LogP contribution is 2.33. The molecular formula is C13H10N4O3. The molecule has 0 aliphatic carbocycles. The zero-order chi connectivity index (χ0) is 13.7. The average molecular weight is 270 g/mol. The maximum Gasteiger partial charge on any atom is 0.235 e. The van der Waals surface area contributed by atoms with Gasteiger partial charge in [0.1, 0.15) is 11.2 Å². The monoisotopic (exact) mass is 270 g/mol. The third-order valence-corrected chi connectivity index (χ3v) is 3.62. The van der Waals surface area contributed by atoms with Crippen LogP contribution < -0.4 is 5.32 Å². The predicted octanol–water partition coefficient (Wildman–Crippen LogP) is 1.22. The van der Waals surface area contributed by atoms with E-state index in [0.717, 1.165) is 16.4 Å². The lowest BCUT2D eigenvalue weighted by atomic mass is 9.92. The van der Waals surface area contributed by atoms with Gasteiger partial charge in [0, 0.05) is 6.42 Å². The van der Waals surface area contributed by atoms with Crippen LogP contribution in [0.15, 0.2) is 23.0 Å². The normalized spacial score (nSPS) is 19.7. The maximum atomic E-state index is 12.0. The first-order chi connectivity index (χ1) is 9.74. The Kier molecular flexibility index (Phi) is 2.17. The fraction of sp³-hybridized carbons (Fsp3) is 0.231. The minimum Gasteiger partial charge on any atom is -0.356 e. The molecule has 0 radical (unpaired) electrons. The molecule has 3 heterocycles. The number of fused-ring (bicyclic) bond motifs is 3. The first-order valence-electron chi connectivity index (χ1n) is 6.29. The van der Waals surface area contributed by atoms with Crippen LogP contribution in [0.1, 0.15) is 24.5 Å². The first kappa shape index (κ1) is 11.2. The van der Waals surface area contributed by atoms with Crippen LogP contribution in [0.4, 0.5) is 0 Å². The number of aromatic nitrogens is 3. The molecule has 4 rings (SSSR count). The molecule has 20 heavy (non-hydrogen) atoms. The summed E-state index contributed by atoms with van der Waals surface area (Å²) in [6, 6.07) is 3.64. The van der Waals surface area contributed by atoms with Crippen molar-refractivity contribution < 1.29 is 14.1 Å². The standard InChI is InChI=1S/C13H10N4O3/c18-9-4-1-6(13(19)16-9)11-10-8(20-17-11)3-2-7-12(10)15-5-14-7/h2-3,5-6H,1,4H2,(H,14,15)(H,16,18,19). The van der Waals surface area contributed by atoms with Crippen LogP contribution in [0.5, 0.6) is 0 Å². The van der Waals surface area contributed by atoms with Crippen molar-refractivity contribution in [3.8, 4) is 0 Å². The molecule has 3 aromatic rings. The molecule has 0 saturated carbocycles. The van der Waals surface area contributed by atoms with Gasteiger partial charge in [0.25, 0.3) is 0 Å². The second-order valence-corrected chi connectivity index (χ2v) is 4.81. The Morgan fingerprint density at radius 2 is 2.20 bits per heavy atom. The third-order valence-electron chi connectivity index (χ3n) is 3.62. The van der Waals surface area contributed by atoms with Crippen molar-refractivity contribution in [2.24, 2.45) is 0 Å². The van der Waals surface area contributed by atoms with E-state index in [2.05, 4.69) is 20.4 Å². The van der Waals surface area contributed by atoms with Gasteiger partial charge in [0.05, 0.1) is 23.1 Å². The number of nitrogens with zero attached hydrogens (tertiary/aromatic N) is 2. The Morgan fingerprint density at radius 1 is 1.30 bits per heavy atom. The molecule has 1 fully saturated rings. The number of hydrogen-bond acceptors (Lipinski definition) is 5. The molecule has 2 N–H and O–H groups in total. The number of imidazole rings is 1. The van der Waals surface area contributed by atoms with Crippen molar-refractivity contribution in [2.45, 2.75) is 18.8 Å². The summed E-state index contributed by atoms with van der Waals surface area (Å²) in [7, 11) is 0. The zero-order valence-electron chi connectivity index (χ0n) is 10.3. The molecule has 1 saturated heterocycles. The topological polar surface area (TPSA) is 101 Å². The van der Waals surface area contributed by atoms with Crippen LogP contribution in [0.2, 0.25) is 0 Å². The number of amides is 2. The van der Waals surface area contributed by atoms with Gasteiger partial charge in [0.15, 0.2) is 5.58 Å². The summed E-state index contributed by atoms with van der Waals surface area (Å²) in [6.07, 6.45) is 2.33. The molecule has 0 bridgehead atoms. The Balaban J connectivity index is 1.93. The Hall–Kier alpha value is -2.70. The highest BCUT2D eigenvalue weighted by atomic mass is 16.5. The molecule has 1 aliphatic heterocycles. The van der Waals surface area contributed by atoms with E-state index >= 15 is 0 Å². The molecule has 1 aromatic carbocycles. The predicted molar refractivity (Wildman–Crippen MR) is 68.8 cm³/mol. The molecule has 1 atom stereocenters. The number of hydrogen-bond donors (Lipinski definition) is 2. The smallest absolute Gasteiger partial charge is 0.235 e. The number of carbonyl (C=O) groups excluding carboxylic acids is 2. The molecular weight excluding hydrogens is 260 g/mol. The molecule has 7 heteroatoms. The minimum atomic E-state index is -0.476. The number of nitrogens with one attached hydrogen (secondary N) is 2. The fourth-order valence-electron chi connectivity index (χ4n) is 2.65. The van der Waals surface area contributed by atoms with E-state index in [0.29, 0.717) is 24.1 Å².